The number of carbonyl (C=O) groups excluding carboxylic acids is 3. The van der Waals surface area contributed by atoms with E-state index < -0.39 is 27.0 Å². The van der Waals surface area contributed by atoms with Crippen LogP contribution < -0.4 is 10.1 Å². The van der Waals surface area contributed by atoms with Gasteiger partial charge in [0.1, 0.15) is 5.75 Å². The lowest BCUT2D eigenvalue weighted by molar-refractivity contribution is -0.139. The van der Waals surface area contributed by atoms with Crippen molar-refractivity contribution >= 4 is 27.6 Å². The van der Waals surface area contributed by atoms with Crippen LogP contribution in [0.5, 0.6) is 5.75 Å². The molecule has 2 aromatic rings. The van der Waals surface area contributed by atoms with Crippen LogP contribution in [0.15, 0.2) is 59.5 Å². The molecule has 1 heterocycles. The number of rotatable bonds is 7. The van der Waals surface area contributed by atoms with Crippen molar-refractivity contribution < 1.29 is 27.5 Å². The summed E-state index contributed by atoms with van der Waals surface area (Å²) in [6.07, 6.45) is 0.355. The molecule has 1 atom stereocenters. The molecule has 10 heteroatoms. The minimum Gasteiger partial charge on any atom is -0.496 e. The summed E-state index contributed by atoms with van der Waals surface area (Å²) in [5.41, 5.74) is 0.111. The molecule has 3 rings (SSSR count). The van der Waals surface area contributed by atoms with Crippen molar-refractivity contribution in [2.24, 2.45) is 0 Å². The third-order valence-electron chi connectivity index (χ3n) is 5.47. The molecule has 1 saturated heterocycles. The summed E-state index contributed by atoms with van der Waals surface area (Å²) in [4.78, 5) is 41.3. The van der Waals surface area contributed by atoms with Crippen LogP contribution in [0, 0.1) is 0 Å². The van der Waals surface area contributed by atoms with Gasteiger partial charge in [0.15, 0.2) is 0 Å². The summed E-state index contributed by atoms with van der Waals surface area (Å²) in [6.45, 7) is 2.72. The lowest BCUT2D eigenvalue weighted by Crippen LogP contribution is -2.57. The van der Waals surface area contributed by atoms with Crippen molar-refractivity contribution in [3.63, 3.8) is 0 Å². The van der Waals surface area contributed by atoms with Gasteiger partial charge in [0.25, 0.3) is 11.8 Å². The van der Waals surface area contributed by atoms with Crippen molar-refractivity contribution in [2.75, 3.05) is 33.3 Å². The molecule has 3 amide bonds. The number of hydrogen-bond donors (Lipinski definition) is 1. The first-order valence-electron chi connectivity index (χ1n) is 10.6. The molecule has 0 aliphatic carbocycles. The third kappa shape index (κ3) is 5.33. The predicted molar refractivity (Wildman–Crippen MR) is 121 cm³/mol. The van der Waals surface area contributed by atoms with Crippen LogP contribution in [0.25, 0.3) is 0 Å². The first kappa shape index (κ1) is 24.2. The molecule has 0 spiro atoms. The highest BCUT2D eigenvalue weighted by Gasteiger charge is 2.39. The maximum Gasteiger partial charge on any atom is 0.261 e. The molecule has 0 aromatic heterocycles. The van der Waals surface area contributed by atoms with Crippen LogP contribution in [-0.4, -0.2) is 74.6 Å². The van der Waals surface area contributed by atoms with Crippen LogP contribution >= 0.6 is 0 Å². The Labute approximate surface area is 193 Å². The van der Waals surface area contributed by atoms with Crippen LogP contribution in [-0.2, 0) is 19.4 Å². The number of carbonyl (C=O) groups is 3. The molecule has 1 N–H and O–H groups in total. The average molecular weight is 474 g/mol. The van der Waals surface area contributed by atoms with Crippen LogP contribution in [0.2, 0.25) is 0 Å². The predicted octanol–water partition coefficient (Wildman–Crippen LogP) is 1.31. The minimum atomic E-state index is -4.25. The number of benzene rings is 2. The SMILES string of the molecule is CCC(=O)N1CCN(C(=O)[C@H](NC(=O)c2ccccc2OC)S(=O)(=O)c2ccccc2)CC1. The Morgan fingerprint density at radius 2 is 1.52 bits per heavy atom. The van der Waals surface area contributed by atoms with Gasteiger partial charge in [0, 0.05) is 32.6 Å². The van der Waals surface area contributed by atoms with Crippen molar-refractivity contribution in [2.45, 2.75) is 23.6 Å². The Morgan fingerprint density at radius 1 is 0.939 bits per heavy atom. The fourth-order valence-corrected chi connectivity index (χ4v) is 5.10. The Hall–Kier alpha value is -3.40. The molecule has 2 aromatic carbocycles. The van der Waals surface area contributed by atoms with Gasteiger partial charge in [0.2, 0.25) is 21.1 Å². The van der Waals surface area contributed by atoms with E-state index in [-0.39, 0.29) is 35.2 Å². The van der Waals surface area contributed by atoms with Gasteiger partial charge in [-0.3, -0.25) is 14.4 Å². The van der Waals surface area contributed by atoms with Gasteiger partial charge >= 0.3 is 0 Å². The Morgan fingerprint density at radius 3 is 2.12 bits per heavy atom. The largest absolute Gasteiger partial charge is 0.496 e. The molecule has 0 saturated carbocycles. The molecule has 33 heavy (non-hydrogen) atoms. The Balaban J connectivity index is 1.90. The van der Waals surface area contributed by atoms with E-state index in [9.17, 15) is 22.8 Å². The molecular weight excluding hydrogens is 446 g/mol. The topological polar surface area (TPSA) is 113 Å². The number of sulfone groups is 1. The maximum atomic E-state index is 13.4. The maximum absolute atomic E-state index is 13.4. The van der Waals surface area contributed by atoms with Crippen LogP contribution in [0.3, 0.4) is 0 Å². The van der Waals surface area contributed by atoms with E-state index in [1.165, 1.54) is 30.2 Å². The summed E-state index contributed by atoms with van der Waals surface area (Å²) < 4.78 is 32.0. The van der Waals surface area contributed by atoms with Gasteiger partial charge in [-0.2, -0.15) is 0 Å². The van der Waals surface area contributed by atoms with E-state index in [4.69, 9.17) is 4.74 Å². The molecule has 1 fully saturated rings. The van der Waals surface area contributed by atoms with E-state index in [1.807, 2.05) is 0 Å². The smallest absolute Gasteiger partial charge is 0.261 e. The van der Waals surface area contributed by atoms with E-state index >= 15 is 0 Å². The van der Waals surface area contributed by atoms with Gasteiger partial charge in [0.05, 0.1) is 17.6 Å². The second-order valence-electron chi connectivity index (χ2n) is 7.47. The lowest BCUT2D eigenvalue weighted by atomic mass is 10.2. The normalized spacial score (nSPS) is 15.0. The highest BCUT2D eigenvalue weighted by Crippen LogP contribution is 2.21. The summed E-state index contributed by atoms with van der Waals surface area (Å²) in [5, 5.41) is 0.582. The molecule has 9 nitrogen and oxygen atoms in total. The fourth-order valence-electron chi connectivity index (χ4n) is 3.61. The lowest BCUT2D eigenvalue weighted by Gasteiger charge is -2.36. The number of nitrogens with zero attached hydrogens (tertiary/aromatic N) is 2. The number of ether oxygens (including phenoxy) is 1. The summed E-state index contributed by atoms with van der Waals surface area (Å²) >= 11 is 0. The van der Waals surface area contributed by atoms with Crippen LogP contribution in [0.1, 0.15) is 23.7 Å². The molecule has 1 aliphatic heterocycles. The van der Waals surface area contributed by atoms with E-state index in [0.717, 1.165) is 0 Å². The molecule has 176 valence electrons. The van der Waals surface area contributed by atoms with Crippen molar-refractivity contribution in [3.8, 4) is 5.75 Å². The van der Waals surface area contributed by atoms with E-state index in [2.05, 4.69) is 5.32 Å². The Kier molecular flexibility index (Phi) is 7.70. The highest BCUT2D eigenvalue weighted by molar-refractivity contribution is 7.92. The zero-order valence-electron chi connectivity index (χ0n) is 18.6. The van der Waals surface area contributed by atoms with Gasteiger partial charge in [-0.05, 0) is 24.3 Å². The highest BCUT2D eigenvalue weighted by atomic mass is 32.2. The van der Waals surface area contributed by atoms with Crippen LogP contribution in [0.4, 0.5) is 0 Å². The Bertz CT molecular complexity index is 1110. The van der Waals surface area contributed by atoms with E-state index in [0.29, 0.717) is 19.5 Å². The quantitative estimate of drug-likeness (QED) is 0.649. The number of nitrogens with one attached hydrogen (secondary N) is 1. The molecule has 0 radical (unpaired) electrons. The summed E-state index contributed by atoms with van der Waals surface area (Å²) in [5.74, 6) is -1.26. The standard InChI is InChI=1S/C23H27N3O6S/c1-3-20(27)25-13-15-26(16-14-25)23(29)22(33(30,31)17-9-5-4-6-10-17)24-21(28)18-11-7-8-12-19(18)32-2/h4-12,22H,3,13-16H2,1-2H3,(H,24,28)/t22-/m1/s1. The van der Waals surface area contributed by atoms with Gasteiger partial charge in [-0.25, -0.2) is 8.42 Å². The van der Waals surface area contributed by atoms with E-state index in [1.54, 1.807) is 48.2 Å². The number of para-hydroxylation sites is 1. The summed E-state index contributed by atoms with van der Waals surface area (Å²) in [7, 11) is -2.86. The second kappa shape index (κ2) is 10.5. The summed E-state index contributed by atoms with van der Waals surface area (Å²) in [6, 6.07) is 13.9. The monoisotopic (exact) mass is 473 g/mol. The fraction of sp³-hybridized carbons (Fsp3) is 0.348. The van der Waals surface area contributed by atoms with Gasteiger partial charge in [-0.1, -0.05) is 37.3 Å². The first-order valence-corrected chi connectivity index (χ1v) is 12.1. The second-order valence-corrected chi connectivity index (χ2v) is 9.50. The first-order chi connectivity index (χ1) is 15.8. The molecule has 0 unspecified atom stereocenters. The number of hydrogen-bond acceptors (Lipinski definition) is 6. The average Bonchev–Trinajstić information content (AvgIpc) is 2.86. The zero-order valence-corrected chi connectivity index (χ0v) is 19.4. The zero-order chi connectivity index (χ0) is 24.0. The van der Waals surface area contributed by atoms with Gasteiger partial charge in [-0.15, -0.1) is 0 Å². The molecule has 1 aliphatic rings. The number of piperazine rings is 1. The number of methoxy groups -OCH3 is 1. The number of amides is 3. The van der Waals surface area contributed by atoms with Crippen molar-refractivity contribution in [1.82, 2.24) is 15.1 Å². The molecule has 0 bridgehead atoms. The van der Waals surface area contributed by atoms with Crippen molar-refractivity contribution in [1.29, 1.82) is 0 Å². The minimum absolute atomic E-state index is 0.0277. The van der Waals surface area contributed by atoms with Crippen molar-refractivity contribution in [3.05, 3.63) is 60.2 Å². The molecular formula is C23H27N3O6S. The van der Waals surface area contributed by atoms with Gasteiger partial charge < -0.3 is 19.9 Å². The third-order valence-corrected chi connectivity index (χ3v) is 7.34.